The van der Waals surface area contributed by atoms with E-state index in [0.29, 0.717) is 11.4 Å². The van der Waals surface area contributed by atoms with Gasteiger partial charge in [0.05, 0.1) is 12.1 Å². The molecule has 1 heterocycles. The fourth-order valence-electron chi connectivity index (χ4n) is 2.33. The first-order valence-electron chi connectivity index (χ1n) is 5.22. The summed E-state index contributed by atoms with van der Waals surface area (Å²) >= 11 is 0. The van der Waals surface area contributed by atoms with Gasteiger partial charge in [-0.25, -0.2) is 0 Å². The Labute approximate surface area is 85.7 Å². The fraction of sp³-hybridized carbons (Fsp3) is 0.727. The minimum absolute atomic E-state index is 0.116. The molecule has 1 aliphatic carbocycles. The lowest BCUT2D eigenvalue weighted by Gasteiger charge is -2.41. The van der Waals surface area contributed by atoms with Crippen LogP contribution in [0.15, 0.2) is 17.6 Å². The van der Waals surface area contributed by atoms with Crippen molar-refractivity contribution < 1.29 is 0 Å². The van der Waals surface area contributed by atoms with Gasteiger partial charge in [-0.2, -0.15) is 0 Å². The van der Waals surface area contributed by atoms with Crippen molar-refractivity contribution >= 4 is 5.96 Å². The van der Waals surface area contributed by atoms with Gasteiger partial charge < -0.3 is 10.6 Å². The zero-order valence-corrected chi connectivity index (χ0v) is 9.08. The Morgan fingerprint density at radius 1 is 1.57 bits per heavy atom. The Morgan fingerprint density at radius 2 is 2.21 bits per heavy atom. The number of guanidine groups is 1. The van der Waals surface area contributed by atoms with Gasteiger partial charge in [0.2, 0.25) is 0 Å². The Bertz CT molecular complexity index is 291. The molecule has 0 amide bonds. The largest absolute Gasteiger partial charge is 0.370 e. The van der Waals surface area contributed by atoms with Crippen molar-refractivity contribution in [3.63, 3.8) is 0 Å². The van der Waals surface area contributed by atoms with Gasteiger partial charge in [0.15, 0.2) is 5.96 Å². The molecular formula is C11H19N3. The van der Waals surface area contributed by atoms with E-state index >= 15 is 0 Å². The average molecular weight is 193 g/mol. The van der Waals surface area contributed by atoms with Crippen LogP contribution in [0.2, 0.25) is 0 Å². The van der Waals surface area contributed by atoms with E-state index in [-0.39, 0.29) is 5.54 Å². The van der Waals surface area contributed by atoms with Gasteiger partial charge in [0, 0.05) is 6.54 Å². The molecule has 0 spiro atoms. The molecule has 3 nitrogen and oxygen atoms in total. The van der Waals surface area contributed by atoms with Crippen LogP contribution in [0.3, 0.4) is 0 Å². The Morgan fingerprint density at radius 3 is 2.71 bits per heavy atom. The van der Waals surface area contributed by atoms with Gasteiger partial charge in [-0.1, -0.05) is 13.0 Å². The molecule has 0 aromatic carbocycles. The molecule has 14 heavy (non-hydrogen) atoms. The summed E-state index contributed by atoms with van der Waals surface area (Å²) in [5.41, 5.74) is 6.41. The van der Waals surface area contributed by atoms with Crippen LogP contribution in [0.25, 0.3) is 0 Å². The van der Waals surface area contributed by atoms with Crippen LogP contribution in [0, 0.1) is 5.41 Å². The summed E-state index contributed by atoms with van der Waals surface area (Å²) in [7, 11) is 0. The maximum Gasteiger partial charge on any atom is 0.192 e. The molecule has 0 bridgehead atoms. The standard InChI is InChI=1S/C11H19N3/c1-4-7-14-9(12)13-8-11(14,3)10(2)5-6-10/h4H,1,5-8H2,2-3H3,(H2,12,13). The van der Waals surface area contributed by atoms with E-state index in [1.807, 2.05) is 6.08 Å². The van der Waals surface area contributed by atoms with Crippen LogP contribution in [0.4, 0.5) is 0 Å². The van der Waals surface area contributed by atoms with E-state index in [0.717, 1.165) is 13.1 Å². The van der Waals surface area contributed by atoms with Crippen LogP contribution < -0.4 is 5.73 Å². The summed E-state index contributed by atoms with van der Waals surface area (Å²) in [4.78, 5) is 6.57. The molecule has 1 unspecified atom stereocenters. The Balaban J connectivity index is 2.24. The van der Waals surface area contributed by atoms with Crippen molar-refractivity contribution in [1.29, 1.82) is 0 Å². The maximum absolute atomic E-state index is 5.89. The average Bonchev–Trinajstić information content (AvgIpc) is 2.83. The predicted octanol–water partition coefficient (Wildman–Crippen LogP) is 1.36. The van der Waals surface area contributed by atoms with Crippen LogP contribution >= 0.6 is 0 Å². The number of hydrogen-bond donors (Lipinski definition) is 1. The maximum atomic E-state index is 5.89. The van der Waals surface area contributed by atoms with Crippen LogP contribution in [0.5, 0.6) is 0 Å². The zero-order chi connectivity index (χ0) is 10.4. The number of rotatable bonds is 3. The molecule has 1 saturated carbocycles. The minimum atomic E-state index is 0.116. The highest BCUT2D eigenvalue weighted by Crippen LogP contribution is 2.57. The normalized spacial score (nSPS) is 34.1. The molecule has 0 radical (unpaired) electrons. The first-order chi connectivity index (χ1) is 6.53. The van der Waals surface area contributed by atoms with Crippen molar-refractivity contribution in [3.05, 3.63) is 12.7 Å². The quantitative estimate of drug-likeness (QED) is 0.688. The van der Waals surface area contributed by atoms with E-state index in [9.17, 15) is 0 Å². The van der Waals surface area contributed by atoms with Crippen molar-refractivity contribution in [1.82, 2.24) is 4.90 Å². The van der Waals surface area contributed by atoms with Crippen molar-refractivity contribution in [3.8, 4) is 0 Å². The van der Waals surface area contributed by atoms with Crippen molar-refractivity contribution in [2.75, 3.05) is 13.1 Å². The van der Waals surface area contributed by atoms with E-state index < -0.39 is 0 Å². The van der Waals surface area contributed by atoms with Gasteiger partial charge in [0.1, 0.15) is 0 Å². The number of nitrogens with two attached hydrogens (primary N) is 1. The summed E-state index contributed by atoms with van der Waals surface area (Å²) in [6.07, 6.45) is 4.48. The highest BCUT2D eigenvalue weighted by molar-refractivity contribution is 5.81. The SMILES string of the molecule is C=CCN1C(N)=NCC1(C)C1(C)CC1. The third-order valence-electron chi connectivity index (χ3n) is 4.03. The number of aliphatic imine (C=N–C) groups is 1. The Kier molecular flexibility index (Phi) is 1.88. The molecule has 1 fully saturated rings. The first-order valence-corrected chi connectivity index (χ1v) is 5.22. The van der Waals surface area contributed by atoms with Gasteiger partial charge in [-0.05, 0) is 25.2 Å². The highest BCUT2D eigenvalue weighted by atomic mass is 15.4. The van der Waals surface area contributed by atoms with Crippen LogP contribution in [0.1, 0.15) is 26.7 Å². The number of nitrogens with zero attached hydrogens (tertiary/aromatic N) is 2. The second kappa shape index (κ2) is 2.75. The summed E-state index contributed by atoms with van der Waals surface area (Å²) in [6, 6.07) is 0. The topological polar surface area (TPSA) is 41.6 Å². The first kappa shape index (κ1) is 9.56. The predicted molar refractivity (Wildman–Crippen MR) is 59.1 cm³/mol. The van der Waals surface area contributed by atoms with Gasteiger partial charge in [-0.3, -0.25) is 4.99 Å². The van der Waals surface area contributed by atoms with E-state index in [1.54, 1.807) is 0 Å². The van der Waals surface area contributed by atoms with E-state index in [2.05, 4.69) is 30.3 Å². The molecule has 0 aromatic heterocycles. The third kappa shape index (κ3) is 1.08. The smallest absolute Gasteiger partial charge is 0.192 e. The molecule has 3 heteroatoms. The zero-order valence-electron chi connectivity index (χ0n) is 9.08. The second-order valence-corrected chi connectivity index (χ2v) is 4.91. The summed E-state index contributed by atoms with van der Waals surface area (Å²) in [5, 5.41) is 0. The second-order valence-electron chi connectivity index (χ2n) is 4.91. The summed E-state index contributed by atoms with van der Waals surface area (Å²) in [5.74, 6) is 0.681. The van der Waals surface area contributed by atoms with Crippen LogP contribution in [-0.2, 0) is 0 Å². The lowest BCUT2D eigenvalue weighted by atomic mass is 9.83. The molecule has 2 N–H and O–H groups in total. The summed E-state index contributed by atoms with van der Waals surface area (Å²) in [6.45, 7) is 10.0. The van der Waals surface area contributed by atoms with E-state index in [4.69, 9.17) is 5.73 Å². The van der Waals surface area contributed by atoms with Crippen LogP contribution in [-0.4, -0.2) is 29.5 Å². The van der Waals surface area contributed by atoms with Crippen molar-refractivity contribution in [2.24, 2.45) is 16.1 Å². The number of hydrogen-bond acceptors (Lipinski definition) is 3. The monoisotopic (exact) mass is 193 g/mol. The molecule has 0 saturated heterocycles. The van der Waals surface area contributed by atoms with E-state index in [1.165, 1.54) is 12.8 Å². The van der Waals surface area contributed by atoms with Gasteiger partial charge >= 0.3 is 0 Å². The Hall–Kier alpha value is -0.990. The molecule has 1 aliphatic heterocycles. The van der Waals surface area contributed by atoms with Gasteiger partial charge in [-0.15, -0.1) is 6.58 Å². The minimum Gasteiger partial charge on any atom is -0.370 e. The van der Waals surface area contributed by atoms with Gasteiger partial charge in [0.25, 0.3) is 0 Å². The lowest BCUT2D eigenvalue weighted by Crippen LogP contribution is -2.54. The molecule has 1 atom stereocenters. The third-order valence-corrected chi connectivity index (χ3v) is 4.03. The lowest BCUT2D eigenvalue weighted by molar-refractivity contribution is 0.144. The molecule has 2 rings (SSSR count). The van der Waals surface area contributed by atoms with Crippen molar-refractivity contribution in [2.45, 2.75) is 32.2 Å². The summed E-state index contributed by atoms with van der Waals surface area (Å²) < 4.78 is 0. The molecule has 0 aromatic rings. The molecule has 78 valence electrons. The molecular weight excluding hydrogens is 174 g/mol. The molecule has 2 aliphatic rings. The highest BCUT2D eigenvalue weighted by Gasteiger charge is 2.58. The fourth-order valence-corrected chi connectivity index (χ4v) is 2.33.